The molecule has 2 unspecified atom stereocenters. The minimum atomic E-state index is 0.761. The lowest BCUT2D eigenvalue weighted by Gasteiger charge is -2.16. The molecule has 0 heterocycles. The van der Waals surface area contributed by atoms with Gasteiger partial charge in [-0.05, 0) is 24.7 Å². The molecule has 0 aliphatic rings. The molecule has 0 aromatic carbocycles. The number of hydrogen-bond acceptors (Lipinski definition) is 0. The second kappa shape index (κ2) is 6.97. The number of halogens is 1. The van der Waals surface area contributed by atoms with Gasteiger partial charge in [-0.15, -0.1) is 11.6 Å². The number of alkyl halides is 1. The lowest BCUT2D eigenvalue weighted by atomic mass is 9.92. The van der Waals surface area contributed by atoms with Crippen LogP contribution in [0.5, 0.6) is 0 Å². The van der Waals surface area contributed by atoms with Gasteiger partial charge in [0.1, 0.15) is 0 Å². The van der Waals surface area contributed by atoms with Gasteiger partial charge in [-0.25, -0.2) is 0 Å². The maximum Gasteiger partial charge on any atom is 0.0251 e. The molecule has 0 rings (SSSR count). The molecular weight excluding hydrogens is 156 g/mol. The highest BCUT2D eigenvalue weighted by Crippen LogP contribution is 2.20. The molecule has 0 aliphatic heterocycles. The maximum absolute atomic E-state index is 5.85. The molecule has 0 bridgehead atoms. The fraction of sp³-hybridized carbons (Fsp3) is 1.00. The van der Waals surface area contributed by atoms with Gasteiger partial charge in [0.15, 0.2) is 0 Å². The zero-order valence-corrected chi connectivity index (χ0v) is 8.82. The van der Waals surface area contributed by atoms with Crippen LogP contribution in [-0.2, 0) is 0 Å². The Morgan fingerprint density at radius 1 is 1.27 bits per heavy atom. The van der Waals surface area contributed by atoms with Crippen molar-refractivity contribution in [2.45, 2.75) is 46.5 Å². The average molecular weight is 177 g/mol. The molecule has 0 fully saturated rings. The van der Waals surface area contributed by atoms with Crippen LogP contribution in [0, 0.1) is 11.8 Å². The van der Waals surface area contributed by atoms with Crippen molar-refractivity contribution in [3.8, 4) is 0 Å². The van der Waals surface area contributed by atoms with Crippen LogP contribution >= 0.6 is 11.6 Å². The maximum atomic E-state index is 5.85. The summed E-state index contributed by atoms with van der Waals surface area (Å²) in [5, 5.41) is 0. The monoisotopic (exact) mass is 176 g/mol. The summed E-state index contributed by atoms with van der Waals surface area (Å²) in [7, 11) is 0. The summed E-state index contributed by atoms with van der Waals surface area (Å²) in [6.45, 7) is 6.80. The van der Waals surface area contributed by atoms with Crippen LogP contribution in [-0.4, -0.2) is 5.88 Å². The van der Waals surface area contributed by atoms with Crippen LogP contribution in [0.1, 0.15) is 46.5 Å². The standard InChI is InChI=1S/C10H21Cl/c1-4-6-10(8-11)7-9(3)5-2/h9-10H,4-8H2,1-3H3. The highest BCUT2D eigenvalue weighted by atomic mass is 35.5. The Kier molecular flexibility index (Phi) is 7.15. The fourth-order valence-electron chi connectivity index (χ4n) is 1.40. The van der Waals surface area contributed by atoms with Crippen LogP contribution in [0.2, 0.25) is 0 Å². The first-order chi connectivity index (χ1) is 5.24. The number of hydrogen-bond donors (Lipinski definition) is 0. The van der Waals surface area contributed by atoms with Crippen molar-refractivity contribution in [2.24, 2.45) is 11.8 Å². The normalized spacial score (nSPS) is 16.4. The van der Waals surface area contributed by atoms with Crippen molar-refractivity contribution in [1.82, 2.24) is 0 Å². The zero-order valence-electron chi connectivity index (χ0n) is 8.07. The molecule has 0 saturated heterocycles. The van der Waals surface area contributed by atoms with Gasteiger partial charge in [-0.2, -0.15) is 0 Å². The molecule has 0 amide bonds. The van der Waals surface area contributed by atoms with Gasteiger partial charge in [-0.1, -0.05) is 33.6 Å². The molecule has 0 aromatic heterocycles. The van der Waals surface area contributed by atoms with E-state index in [-0.39, 0.29) is 0 Å². The summed E-state index contributed by atoms with van der Waals surface area (Å²) in [6, 6.07) is 0. The summed E-state index contributed by atoms with van der Waals surface area (Å²) < 4.78 is 0. The molecule has 11 heavy (non-hydrogen) atoms. The van der Waals surface area contributed by atoms with E-state index in [0.717, 1.165) is 17.7 Å². The van der Waals surface area contributed by atoms with Gasteiger partial charge >= 0.3 is 0 Å². The molecule has 0 aliphatic carbocycles. The first-order valence-corrected chi connectivity index (χ1v) is 5.33. The Bertz CT molecular complexity index is 80.9. The second-order valence-corrected chi connectivity index (χ2v) is 3.87. The fourth-order valence-corrected chi connectivity index (χ4v) is 1.68. The predicted octanol–water partition coefficient (Wildman–Crippen LogP) is 4.08. The SMILES string of the molecule is CCCC(CCl)CC(C)CC. The third-order valence-electron chi connectivity index (χ3n) is 2.35. The van der Waals surface area contributed by atoms with E-state index >= 15 is 0 Å². The Morgan fingerprint density at radius 3 is 2.27 bits per heavy atom. The van der Waals surface area contributed by atoms with Crippen molar-refractivity contribution in [1.29, 1.82) is 0 Å². The van der Waals surface area contributed by atoms with Crippen LogP contribution in [0.4, 0.5) is 0 Å². The Labute approximate surface area is 76.3 Å². The van der Waals surface area contributed by atoms with Crippen LogP contribution in [0.3, 0.4) is 0 Å². The van der Waals surface area contributed by atoms with E-state index in [2.05, 4.69) is 20.8 Å². The van der Waals surface area contributed by atoms with Crippen molar-refractivity contribution >= 4 is 11.6 Å². The molecule has 0 N–H and O–H groups in total. The van der Waals surface area contributed by atoms with E-state index in [1.54, 1.807) is 0 Å². The summed E-state index contributed by atoms with van der Waals surface area (Å²) in [5.74, 6) is 2.46. The smallest absolute Gasteiger partial charge is 0.0251 e. The van der Waals surface area contributed by atoms with Gasteiger partial charge < -0.3 is 0 Å². The third-order valence-corrected chi connectivity index (χ3v) is 2.78. The van der Waals surface area contributed by atoms with E-state index in [9.17, 15) is 0 Å². The Balaban J connectivity index is 3.49. The van der Waals surface area contributed by atoms with Gasteiger partial charge in [0, 0.05) is 5.88 Å². The summed E-state index contributed by atoms with van der Waals surface area (Å²) in [5.41, 5.74) is 0. The lowest BCUT2D eigenvalue weighted by molar-refractivity contribution is 0.388. The Hall–Kier alpha value is 0.290. The second-order valence-electron chi connectivity index (χ2n) is 3.56. The predicted molar refractivity (Wildman–Crippen MR) is 53.2 cm³/mol. The van der Waals surface area contributed by atoms with Crippen LogP contribution in [0.15, 0.2) is 0 Å². The molecular formula is C10H21Cl. The van der Waals surface area contributed by atoms with Crippen molar-refractivity contribution in [2.75, 3.05) is 5.88 Å². The highest BCUT2D eigenvalue weighted by molar-refractivity contribution is 6.18. The zero-order chi connectivity index (χ0) is 8.69. The third kappa shape index (κ3) is 5.55. The summed E-state index contributed by atoms with van der Waals surface area (Å²) in [6.07, 6.45) is 5.17. The van der Waals surface area contributed by atoms with Gasteiger partial charge in [-0.3, -0.25) is 0 Å². The van der Waals surface area contributed by atoms with Crippen molar-refractivity contribution < 1.29 is 0 Å². The van der Waals surface area contributed by atoms with Crippen LogP contribution < -0.4 is 0 Å². The van der Waals surface area contributed by atoms with Crippen LogP contribution in [0.25, 0.3) is 0 Å². The van der Waals surface area contributed by atoms with E-state index in [0.29, 0.717) is 0 Å². The first-order valence-electron chi connectivity index (χ1n) is 4.80. The number of rotatable bonds is 6. The molecule has 0 radical (unpaired) electrons. The van der Waals surface area contributed by atoms with Crippen molar-refractivity contribution in [3.05, 3.63) is 0 Å². The topological polar surface area (TPSA) is 0 Å². The molecule has 1 heteroatoms. The minimum Gasteiger partial charge on any atom is -0.126 e. The van der Waals surface area contributed by atoms with Crippen molar-refractivity contribution in [3.63, 3.8) is 0 Å². The largest absolute Gasteiger partial charge is 0.126 e. The minimum absolute atomic E-state index is 0.761. The van der Waals surface area contributed by atoms with Gasteiger partial charge in [0.25, 0.3) is 0 Å². The lowest BCUT2D eigenvalue weighted by Crippen LogP contribution is -2.07. The quantitative estimate of drug-likeness (QED) is 0.535. The molecule has 0 aromatic rings. The molecule has 68 valence electrons. The molecule has 2 atom stereocenters. The van der Waals surface area contributed by atoms with E-state index in [1.165, 1.54) is 25.7 Å². The molecule has 0 saturated carbocycles. The van der Waals surface area contributed by atoms with E-state index in [1.807, 2.05) is 0 Å². The highest BCUT2D eigenvalue weighted by Gasteiger charge is 2.09. The molecule has 0 nitrogen and oxygen atoms in total. The summed E-state index contributed by atoms with van der Waals surface area (Å²) >= 11 is 5.85. The molecule has 0 spiro atoms. The summed E-state index contributed by atoms with van der Waals surface area (Å²) in [4.78, 5) is 0. The van der Waals surface area contributed by atoms with E-state index in [4.69, 9.17) is 11.6 Å². The van der Waals surface area contributed by atoms with Gasteiger partial charge in [0.05, 0.1) is 0 Å². The first kappa shape index (κ1) is 11.3. The Morgan fingerprint density at radius 2 is 1.91 bits per heavy atom. The van der Waals surface area contributed by atoms with Gasteiger partial charge in [0.2, 0.25) is 0 Å². The van der Waals surface area contributed by atoms with E-state index < -0.39 is 0 Å². The average Bonchev–Trinajstić information content (AvgIpc) is 2.03.